The summed E-state index contributed by atoms with van der Waals surface area (Å²) in [6.07, 6.45) is 5.41. The minimum Gasteiger partial charge on any atom is -0.385 e. The van der Waals surface area contributed by atoms with E-state index in [0.29, 0.717) is 18.6 Å². The molecule has 1 atom stereocenters. The van der Waals surface area contributed by atoms with Gasteiger partial charge in [-0.1, -0.05) is 0 Å². The smallest absolute Gasteiger partial charge is 0.230 e. The molecular formula is C13H24N2O2. The average Bonchev–Trinajstić information content (AvgIpc) is 2.72. The summed E-state index contributed by atoms with van der Waals surface area (Å²) in [5.74, 6) is 0.323. The first kappa shape index (κ1) is 12.8. The topological polar surface area (TPSA) is 41.6 Å². The lowest BCUT2D eigenvalue weighted by Gasteiger charge is -2.40. The van der Waals surface area contributed by atoms with Gasteiger partial charge >= 0.3 is 0 Å². The molecular weight excluding hydrogens is 216 g/mol. The van der Waals surface area contributed by atoms with Crippen molar-refractivity contribution in [3.05, 3.63) is 0 Å². The zero-order valence-electron chi connectivity index (χ0n) is 11.0. The molecule has 98 valence electrons. The van der Waals surface area contributed by atoms with Crippen molar-refractivity contribution in [2.24, 2.45) is 5.41 Å². The van der Waals surface area contributed by atoms with Gasteiger partial charge in [-0.25, -0.2) is 0 Å². The van der Waals surface area contributed by atoms with E-state index in [-0.39, 0.29) is 5.41 Å². The van der Waals surface area contributed by atoms with Crippen LogP contribution in [0.5, 0.6) is 0 Å². The second-order valence-electron chi connectivity index (χ2n) is 5.45. The number of carbonyl (C=O) groups excluding carboxylic acids is 1. The normalized spacial score (nSPS) is 29.1. The Bertz CT molecular complexity index is 271. The Morgan fingerprint density at radius 1 is 1.53 bits per heavy atom. The van der Waals surface area contributed by atoms with Gasteiger partial charge in [-0.15, -0.1) is 0 Å². The van der Waals surface area contributed by atoms with Crippen LogP contribution in [0.1, 0.15) is 32.1 Å². The van der Waals surface area contributed by atoms with Crippen molar-refractivity contribution in [1.82, 2.24) is 10.2 Å². The first-order chi connectivity index (χ1) is 8.19. The van der Waals surface area contributed by atoms with Crippen LogP contribution < -0.4 is 5.32 Å². The molecule has 0 bridgehead atoms. The number of carbonyl (C=O) groups is 1. The van der Waals surface area contributed by atoms with Crippen LogP contribution >= 0.6 is 0 Å². The highest BCUT2D eigenvalue weighted by Crippen LogP contribution is 2.35. The molecule has 4 nitrogen and oxygen atoms in total. The van der Waals surface area contributed by atoms with Crippen LogP contribution in [0.3, 0.4) is 0 Å². The van der Waals surface area contributed by atoms with E-state index in [4.69, 9.17) is 4.74 Å². The molecule has 1 amide bonds. The van der Waals surface area contributed by atoms with Crippen LogP contribution in [-0.2, 0) is 9.53 Å². The van der Waals surface area contributed by atoms with Crippen LogP contribution in [0, 0.1) is 5.41 Å². The number of nitrogens with zero attached hydrogens (tertiary/aromatic N) is 1. The van der Waals surface area contributed by atoms with Crippen molar-refractivity contribution < 1.29 is 9.53 Å². The van der Waals surface area contributed by atoms with Gasteiger partial charge in [0.2, 0.25) is 5.91 Å². The molecule has 1 saturated carbocycles. The van der Waals surface area contributed by atoms with Crippen LogP contribution in [0.2, 0.25) is 0 Å². The number of rotatable bonds is 5. The Labute approximate surface area is 104 Å². The van der Waals surface area contributed by atoms with E-state index in [1.54, 1.807) is 7.11 Å². The second kappa shape index (κ2) is 5.36. The molecule has 1 unspecified atom stereocenters. The van der Waals surface area contributed by atoms with Crippen molar-refractivity contribution in [3.63, 3.8) is 0 Å². The van der Waals surface area contributed by atoms with Gasteiger partial charge in [-0.05, 0) is 38.6 Å². The second-order valence-corrected chi connectivity index (χ2v) is 5.45. The SMILES string of the molecule is COCCC1(C(=O)N(C)C2CCC2)CCNC1. The number of hydrogen-bond donors (Lipinski definition) is 1. The number of methoxy groups -OCH3 is 1. The number of hydrogen-bond acceptors (Lipinski definition) is 3. The maximum Gasteiger partial charge on any atom is 0.230 e. The van der Waals surface area contributed by atoms with Crippen molar-refractivity contribution in [3.8, 4) is 0 Å². The number of ether oxygens (including phenoxy) is 1. The zero-order valence-corrected chi connectivity index (χ0v) is 11.0. The summed E-state index contributed by atoms with van der Waals surface area (Å²) in [4.78, 5) is 14.6. The number of nitrogens with one attached hydrogen (secondary N) is 1. The first-order valence-corrected chi connectivity index (χ1v) is 6.66. The summed E-state index contributed by atoms with van der Waals surface area (Å²) in [6.45, 7) is 2.44. The summed E-state index contributed by atoms with van der Waals surface area (Å²) in [7, 11) is 3.68. The third-order valence-electron chi connectivity index (χ3n) is 4.42. The van der Waals surface area contributed by atoms with E-state index in [9.17, 15) is 4.79 Å². The van der Waals surface area contributed by atoms with Gasteiger partial charge < -0.3 is 15.0 Å². The van der Waals surface area contributed by atoms with E-state index in [2.05, 4.69) is 5.32 Å². The van der Waals surface area contributed by atoms with Gasteiger partial charge in [0.25, 0.3) is 0 Å². The Morgan fingerprint density at radius 2 is 2.29 bits per heavy atom. The highest BCUT2D eigenvalue weighted by atomic mass is 16.5. The van der Waals surface area contributed by atoms with E-state index in [1.807, 2.05) is 11.9 Å². The molecule has 1 aliphatic heterocycles. The summed E-state index contributed by atoms with van der Waals surface area (Å²) in [6, 6.07) is 0.488. The standard InChI is InChI=1S/C13H24N2O2/c1-15(11-4-3-5-11)12(16)13(7-9-17-2)6-8-14-10-13/h11,14H,3-10H2,1-2H3. The van der Waals surface area contributed by atoms with E-state index in [0.717, 1.165) is 25.9 Å². The fourth-order valence-electron chi connectivity index (χ4n) is 2.86. The predicted octanol–water partition coefficient (Wildman–Crippen LogP) is 1.01. The molecule has 1 aliphatic carbocycles. The molecule has 17 heavy (non-hydrogen) atoms. The van der Waals surface area contributed by atoms with Crippen molar-refractivity contribution in [2.45, 2.75) is 38.1 Å². The van der Waals surface area contributed by atoms with Crippen LogP contribution in [0.15, 0.2) is 0 Å². The summed E-state index contributed by atoms with van der Waals surface area (Å²) in [5.41, 5.74) is -0.208. The Kier molecular flexibility index (Phi) is 4.05. The van der Waals surface area contributed by atoms with Gasteiger partial charge in [-0.3, -0.25) is 4.79 Å². The van der Waals surface area contributed by atoms with Gasteiger partial charge in [0, 0.05) is 33.4 Å². The van der Waals surface area contributed by atoms with E-state index >= 15 is 0 Å². The molecule has 2 fully saturated rings. The van der Waals surface area contributed by atoms with Crippen LogP contribution in [0.4, 0.5) is 0 Å². The van der Waals surface area contributed by atoms with Gasteiger partial charge in [0.05, 0.1) is 5.41 Å². The summed E-state index contributed by atoms with van der Waals surface area (Å²) < 4.78 is 5.16. The monoisotopic (exact) mass is 240 g/mol. The number of amides is 1. The third-order valence-corrected chi connectivity index (χ3v) is 4.42. The lowest BCUT2D eigenvalue weighted by Crippen LogP contribution is -2.50. The van der Waals surface area contributed by atoms with Gasteiger partial charge in [0.1, 0.15) is 0 Å². The highest BCUT2D eigenvalue weighted by molar-refractivity contribution is 5.83. The molecule has 4 heteroatoms. The Balaban J connectivity index is 2.01. The molecule has 2 rings (SSSR count). The molecule has 0 radical (unpaired) electrons. The predicted molar refractivity (Wildman–Crippen MR) is 66.8 cm³/mol. The molecule has 1 N–H and O–H groups in total. The average molecular weight is 240 g/mol. The molecule has 0 aromatic heterocycles. The fraction of sp³-hybridized carbons (Fsp3) is 0.923. The molecule has 0 spiro atoms. The molecule has 0 aromatic rings. The first-order valence-electron chi connectivity index (χ1n) is 6.66. The minimum absolute atomic E-state index is 0.208. The van der Waals surface area contributed by atoms with E-state index < -0.39 is 0 Å². The fourth-order valence-corrected chi connectivity index (χ4v) is 2.86. The summed E-state index contributed by atoms with van der Waals surface area (Å²) in [5, 5.41) is 3.33. The molecule has 0 aromatic carbocycles. The van der Waals surface area contributed by atoms with E-state index in [1.165, 1.54) is 19.3 Å². The Morgan fingerprint density at radius 3 is 2.76 bits per heavy atom. The Hall–Kier alpha value is -0.610. The van der Waals surface area contributed by atoms with Crippen LogP contribution in [0.25, 0.3) is 0 Å². The lowest BCUT2D eigenvalue weighted by atomic mass is 9.80. The maximum absolute atomic E-state index is 12.6. The van der Waals surface area contributed by atoms with Crippen molar-refractivity contribution >= 4 is 5.91 Å². The van der Waals surface area contributed by atoms with Crippen molar-refractivity contribution in [2.75, 3.05) is 33.9 Å². The lowest BCUT2D eigenvalue weighted by molar-refractivity contribution is -0.144. The molecule has 2 aliphatic rings. The molecule has 1 saturated heterocycles. The minimum atomic E-state index is -0.208. The van der Waals surface area contributed by atoms with Crippen LogP contribution in [-0.4, -0.2) is 50.7 Å². The highest BCUT2D eigenvalue weighted by Gasteiger charge is 2.44. The van der Waals surface area contributed by atoms with Crippen molar-refractivity contribution in [1.29, 1.82) is 0 Å². The van der Waals surface area contributed by atoms with Gasteiger partial charge in [0.15, 0.2) is 0 Å². The maximum atomic E-state index is 12.6. The largest absolute Gasteiger partial charge is 0.385 e. The van der Waals surface area contributed by atoms with Gasteiger partial charge in [-0.2, -0.15) is 0 Å². The zero-order chi connectivity index (χ0) is 12.3. The third kappa shape index (κ3) is 2.47. The summed E-state index contributed by atoms with van der Waals surface area (Å²) >= 11 is 0. The molecule has 1 heterocycles. The quantitative estimate of drug-likeness (QED) is 0.780.